The maximum atomic E-state index is 6.10. The highest BCUT2D eigenvalue weighted by molar-refractivity contribution is 5.89. The van der Waals surface area contributed by atoms with Gasteiger partial charge in [-0.3, -0.25) is 4.68 Å². The number of fused-ring (bicyclic) bond motifs is 2. The normalized spacial score (nSPS) is 11.4. The molecule has 2 heterocycles. The molecule has 0 saturated heterocycles. The largest absolute Gasteiger partial charge is 0.436 e. The van der Waals surface area contributed by atoms with Crippen LogP contribution in [0, 0.1) is 0 Å². The molecule has 0 amide bonds. The van der Waals surface area contributed by atoms with E-state index in [-0.39, 0.29) is 0 Å². The second kappa shape index (κ2) is 7.26. The first-order chi connectivity index (χ1) is 15.3. The monoisotopic (exact) mass is 401 g/mol. The van der Waals surface area contributed by atoms with Crippen LogP contribution >= 0.6 is 0 Å². The zero-order valence-corrected chi connectivity index (χ0v) is 16.8. The molecule has 4 nitrogen and oxygen atoms in total. The third-order valence-electron chi connectivity index (χ3n) is 5.50. The molecule has 148 valence electrons. The predicted octanol–water partition coefficient (Wildman–Crippen LogP) is 6.56. The quantitative estimate of drug-likeness (QED) is 0.336. The second-order valence-corrected chi connectivity index (χ2v) is 7.62. The van der Waals surface area contributed by atoms with E-state index in [9.17, 15) is 0 Å². The van der Waals surface area contributed by atoms with Crippen molar-refractivity contribution in [3.63, 3.8) is 0 Å². The highest BCUT2D eigenvalue weighted by atomic mass is 16.3. The summed E-state index contributed by atoms with van der Waals surface area (Å²) in [6.45, 7) is 0.682. The van der Waals surface area contributed by atoms with Crippen LogP contribution in [0.4, 0.5) is 0 Å². The summed E-state index contributed by atoms with van der Waals surface area (Å²) in [5, 5.41) is 7.33. The minimum absolute atomic E-state index is 0.587. The Morgan fingerprint density at radius 2 is 1.52 bits per heavy atom. The molecule has 0 N–H and O–H groups in total. The fraction of sp³-hybridized carbons (Fsp3) is 0.0370. The van der Waals surface area contributed by atoms with Gasteiger partial charge in [0.25, 0.3) is 0 Å². The summed E-state index contributed by atoms with van der Waals surface area (Å²) < 4.78 is 8.07. The third kappa shape index (κ3) is 3.28. The van der Waals surface area contributed by atoms with Crippen molar-refractivity contribution >= 4 is 21.9 Å². The fourth-order valence-electron chi connectivity index (χ4n) is 3.97. The number of nitrogens with zero attached hydrogens (tertiary/aromatic N) is 3. The minimum Gasteiger partial charge on any atom is -0.436 e. The molecule has 0 bridgehead atoms. The van der Waals surface area contributed by atoms with Crippen LogP contribution in [0.2, 0.25) is 0 Å². The van der Waals surface area contributed by atoms with Crippen LogP contribution in [0.5, 0.6) is 0 Å². The molecule has 4 aromatic carbocycles. The van der Waals surface area contributed by atoms with Crippen molar-refractivity contribution in [2.45, 2.75) is 6.54 Å². The number of benzene rings is 4. The molecule has 0 saturated carbocycles. The highest BCUT2D eigenvalue weighted by Gasteiger charge is 2.18. The molecule has 0 aliphatic rings. The first-order valence-electron chi connectivity index (χ1n) is 10.3. The Morgan fingerprint density at radius 3 is 2.39 bits per heavy atom. The van der Waals surface area contributed by atoms with Crippen LogP contribution in [0.3, 0.4) is 0 Å². The Labute approximate surface area is 179 Å². The number of hydrogen-bond acceptors (Lipinski definition) is 3. The van der Waals surface area contributed by atoms with Crippen LogP contribution in [0.1, 0.15) is 5.56 Å². The lowest BCUT2D eigenvalue weighted by molar-refractivity contribution is 0.619. The van der Waals surface area contributed by atoms with Gasteiger partial charge in [0.1, 0.15) is 11.2 Å². The molecule has 0 aliphatic heterocycles. The van der Waals surface area contributed by atoms with Crippen LogP contribution in [0.15, 0.2) is 108 Å². The van der Waals surface area contributed by atoms with Gasteiger partial charge in [-0.1, -0.05) is 78.9 Å². The van der Waals surface area contributed by atoms with Crippen molar-refractivity contribution < 1.29 is 4.42 Å². The van der Waals surface area contributed by atoms with Crippen molar-refractivity contribution in [1.82, 2.24) is 14.8 Å². The first-order valence-corrected chi connectivity index (χ1v) is 10.3. The van der Waals surface area contributed by atoms with E-state index in [1.54, 1.807) is 0 Å². The first kappa shape index (κ1) is 17.7. The lowest BCUT2D eigenvalue weighted by Gasteiger charge is -2.03. The number of rotatable bonds is 4. The average molecular weight is 401 g/mol. The molecule has 0 fully saturated rings. The molecular formula is C27H19N3O. The Bertz CT molecular complexity index is 1480. The van der Waals surface area contributed by atoms with Gasteiger partial charge >= 0.3 is 0 Å². The van der Waals surface area contributed by atoms with E-state index in [2.05, 4.69) is 54.6 Å². The Kier molecular flexibility index (Phi) is 4.13. The molecule has 31 heavy (non-hydrogen) atoms. The molecule has 2 aromatic heterocycles. The van der Waals surface area contributed by atoms with Crippen LogP contribution in [0.25, 0.3) is 44.6 Å². The van der Waals surface area contributed by atoms with E-state index in [4.69, 9.17) is 14.5 Å². The number of hydrogen-bond donors (Lipinski definition) is 0. The molecule has 0 atom stereocenters. The van der Waals surface area contributed by atoms with E-state index in [1.807, 2.05) is 53.3 Å². The summed E-state index contributed by atoms with van der Waals surface area (Å²) >= 11 is 0. The molecular weight excluding hydrogens is 382 g/mol. The Hall–Kier alpha value is -4.18. The van der Waals surface area contributed by atoms with Crippen molar-refractivity contribution in [3.8, 4) is 22.7 Å². The molecule has 6 aromatic rings. The van der Waals surface area contributed by atoms with Gasteiger partial charge in [-0.25, -0.2) is 4.98 Å². The zero-order valence-electron chi connectivity index (χ0n) is 16.8. The van der Waals surface area contributed by atoms with Gasteiger partial charge in [0.05, 0.1) is 12.1 Å². The van der Waals surface area contributed by atoms with Crippen LogP contribution in [-0.2, 0) is 6.54 Å². The highest BCUT2D eigenvalue weighted by Crippen LogP contribution is 2.34. The summed E-state index contributed by atoms with van der Waals surface area (Å²) in [4.78, 5) is 4.73. The summed E-state index contributed by atoms with van der Waals surface area (Å²) in [5.74, 6) is 0.587. The number of aromatic nitrogens is 3. The number of oxazole rings is 1. The number of para-hydroxylation sites is 2. The average Bonchev–Trinajstić information content (AvgIpc) is 3.43. The fourth-order valence-corrected chi connectivity index (χ4v) is 3.97. The van der Waals surface area contributed by atoms with Gasteiger partial charge in [0, 0.05) is 11.8 Å². The lowest BCUT2D eigenvalue weighted by atomic mass is 10.0. The Morgan fingerprint density at radius 1 is 0.742 bits per heavy atom. The van der Waals surface area contributed by atoms with E-state index in [0.717, 1.165) is 27.9 Å². The SMILES string of the molecule is c1ccc(Cn2cc(-c3nc4ccccc4o3)c(-c3ccc4ccccc4c3)n2)cc1. The van der Waals surface area contributed by atoms with Crippen molar-refractivity contribution in [1.29, 1.82) is 0 Å². The summed E-state index contributed by atoms with van der Waals surface area (Å²) in [5.41, 5.74) is 5.62. The maximum absolute atomic E-state index is 6.10. The van der Waals surface area contributed by atoms with Crippen LogP contribution < -0.4 is 0 Å². The molecule has 0 aliphatic carbocycles. The van der Waals surface area contributed by atoms with E-state index >= 15 is 0 Å². The molecule has 0 spiro atoms. The van der Waals surface area contributed by atoms with Gasteiger partial charge in [0.2, 0.25) is 5.89 Å². The van der Waals surface area contributed by atoms with E-state index < -0.39 is 0 Å². The van der Waals surface area contributed by atoms with Gasteiger partial charge < -0.3 is 4.42 Å². The van der Waals surface area contributed by atoms with Crippen molar-refractivity contribution in [3.05, 3.63) is 109 Å². The van der Waals surface area contributed by atoms with Gasteiger partial charge in [-0.05, 0) is 34.5 Å². The van der Waals surface area contributed by atoms with Crippen LogP contribution in [-0.4, -0.2) is 14.8 Å². The molecule has 6 rings (SSSR count). The second-order valence-electron chi connectivity index (χ2n) is 7.62. The Balaban J connectivity index is 1.52. The third-order valence-corrected chi connectivity index (χ3v) is 5.50. The van der Waals surface area contributed by atoms with Crippen molar-refractivity contribution in [2.24, 2.45) is 0 Å². The van der Waals surface area contributed by atoms with Gasteiger partial charge in [-0.15, -0.1) is 0 Å². The standard InChI is InChI=1S/C27H19N3O/c1-2-8-19(9-3-1)17-30-18-23(27-28-24-12-6-7-13-25(24)31-27)26(29-30)22-15-14-20-10-4-5-11-21(20)16-22/h1-16,18H,17H2. The van der Waals surface area contributed by atoms with Gasteiger partial charge in [-0.2, -0.15) is 5.10 Å². The van der Waals surface area contributed by atoms with Crippen molar-refractivity contribution in [2.75, 3.05) is 0 Å². The summed E-state index contributed by atoms with van der Waals surface area (Å²) in [6, 6.07) is 33.0. The zero-order chi connectivity index (χ0) is 20.6. The van der Waals surface area contributed by atoms with E-state index in [1.165, 1.54) is 16.3 Å². The minimum atomic E-state index is 0.587. The molecule has 0 radical (unpaired) electrons. The summed E-state index contributed by atoms with van der Waals surface area (Å²) in [7, 11) is 0. The van der Waals surface area contributed by atoms with E-state index in [0.29, 0.717) is 12.4 Å². The summed E-state index contributed by atoms with van der Waals surface area (Å²) in [6.07, 6.45) is 2.03. The lowest BCUT2D eigenvalue weighted by Crippen LogP contribution is -2.00. The molecule has 4 heteroatoms. The molecule has 0 unspecified atom stereocenters. The van der Waals surface area contributed by atoms with Gasteiger partial charge in [0.15, 0.2) is 5.58 Å². The predicted molar refractivity (Wildman–Crippen MR) is 124 cm³/mol. The smallest absolute Gasteiger partial charge is 0.231 e. The maximum Gasteiger partial charge on any atom is 0.231 e. The topological polar surface area (TPSA) is 43.9 Å².